The second kappa shape index (κ2) is 4.80. The van der Waals surface area contributed by atoms with Gasteiger partial charge in [0, 0.05) is 0 Å². The monoisotopic (exact) mass is 230 g/mol. The number of phenolic OH excluding ortho intramolecular Hbond substituents is 2. The molecule has 0 aliphatic heterocycles. The summed E-state index contributed by atoms with van der Waals surface area (Å²) in [5.74, 6) is -3.76. The quantitative estimate of drug-likeness (QED) is 0.529. The molecule has 1 rings (SSSR count). The van der Waals surface area contributed by atoms with E-state index in [2.05, 4.69) is 4.74 Å². The molecule has 5 nitrogen and oxygen atoms in total. The Bertz CT molecular complexity index is 381. The summed E-state index contributed by atoms with van der Waals surface area (Å²) in [6.45, 7) is 1.63. The molecule has 16 heavy (non-hydrogen) atoms. The maximum Gasteiger partial charge on any atom is 0.339 e. The summed E-state index contributed by atoms with van der Waals surface area (Å²) in [7, 11) is 0. The summed E-state index contributed by atoms with van der Waals surface area (Å²) in [4.78, 5) is 11.1. The number of rotatable bonds is 3. The van der Waals surface area contributed by atoms with Crippen molar-refractivity contribution in [1.29, 1.82) is 0 Å². The van der Waals surface area contributed by atoms with E-state index in [9.17, 15) is 14.3 Å². The van der Waals surface area contributed by atoms with Gasteiger partial charge in [-0.3, -0.25) is 0 Å². The highest BCUT2D eigenvalue weighted by molar-refractivity contribution is 5.76. The van der Waals surface area contributed by atoms with Gasteiger partial charge in [-0.2, -0.15) is 0 Å². The van der Waals surface area contributed by atoms with Crippen molar-refractivity contribution in [3.8, 4) is 11.5 Å². The average Bonchev–Trinajstić information content (AvgIpc) is 2.24. The van der Waals surface area contributed by atoms with Gasteiger partial charge in [0.2, 0.25) is 0 Å². The maximum absolute atomic E-state index is 13.0. The van der Waals surface area contributed by atoms with Crippen LogP contribution in [0.25, 0.3) is 0 Å². The first-order chi connectivity index (χ1) is 7.47. The first-order valence-electron chi connectivity index (χ1n) is 4.53. The van der Waals surface area contributed by atoms with Gasteiger partial charge in [0.1, 0.15) is 0 Å². The van der Waals surface area contributed by atoms with Crippen LogP contribution < -0.4 is 0 Å². The third-order valence-corrected chi connectivity index (χ3v) is 1.89. The van der Waals surface area contributed by atoms with E-state index in [0.29, 0.717) is 0 Å². The number of aromatic hydroxyl groups is 2. The Kier molecular flexibility index (Phi) is 3.68. The molecule has 0 bridgehead atoms. The van der Waals surface area contributed by atoms with Crippen LogP contribution in [0.1, 0.15) is 18.6 Å². The fourth-order valence-electron chi connectivity index (χ4n) is 1.12. The van der Waals surface area contributed by atoms with Gasteiger partial charge in [0.25, 0.3) is 0 Å². The summed E-state index contributed by atoms with van der Waals surface area (Å²) in [5, 5.41) is 27.4. The number of carbonyl (C=O) groups excluding carboxylic acids is 1. The smallest absolute Gasteiger partial charge is 0.339 e. The minimum atomic E-state index is -1.69. The van der Waals surface area contributed by atoms with Crippen LogP contribution in [0.15, 0.2) is 12.1 Å². The number of halogens is 1. The standard InChI is InChI=1S/C10H11FO5/c1-2-16-10(15)8(13)5-3-6(11)9(14)7(12)4-5/h3-4,8,12-14H,2H2,1H3. The number of carbonyl (C=O) groups is 1. The summed E-state index contributed by atoms with van der Waals surface area (Å²) in [6, 6.07) is 1.64. The normalized spacial score (nSPS) is 12.2. The molecule has 0 saturated carbocycles. The lowest BCUT2D eigenvalue weighted by molar-refractivity contribution is -0.153. The summed E-state index contributed by atoms with van der Waals surface area (Å²) < 4.78 is 17.5. The van der Waals surface area contributed by atoms with Crippen LogP contribution in [0.2, 0.25) is 0 Å². The van der Waals surface area contributed by atoms with Gasteiger partial charge >= 0.3 is 5.97 Å². The molecule has 1 aromatic rings. The van der Waals surface area contributed by atoms with Crippen LogP contribution >= 0.6 is 0 Å². The summed E-state index contributed by atoms with van der Waals surface area (Å²) in [6.07, 6.45) is -1.69. The van der Waals surface area contributed by atoms with Gasteiger partial charge in [-0.25, -0.2) is 9.18 Å². The van der Waals surface area contributed by atoms with E-state index in [4.69, 9.17) is 10.2 Å². The van der Waals surface area contributed by atoms with Gasteiger partial charge < -0.3 is 20.1 Å². The molecule has 0 saturated heterocycles. The predicted molar refractivity (Wildman–Crippen MR) is 51.3 cm³/mol. The van der Waals surface area contributed by atoms with Crippen LogP contribution in [0, 0.1) is 5.82 Å². The molecule has 88 valence electrons. The van der Waals surface area contributed by atoms with Crippen LogP contribution in [-0.2, 0) is 9.53 Å². The lowest BCUT2D eigenvalue weighted by Gasteiger charge is -2.11. The SMILES string of the molecule is CCOC(=O)C(O)c1cc(O)c(O)c(F)c1. The predicted octanol–water partition coefficient (Wildman–Crippen LogP) is 0.833. The summed E-state index contributed by atoms with van der Waals surface area (Å²) >= 11 is 0. The lowest BCUT2D eigenvalue weighted by Crippen LogP contribution is -2.15. The van der Waals surface area contributed by atoms with Crippen molar-refractivity contribution in [2.24, 2.45) is 0 Å². The molecule has 1 atom stereocenters. The third-order valence-electron chi connectivity index (χ3n) is 1.89. The number of aliphatic hydroxyl groups is 1. The molecule has 0 fully saturated rings. The number of ether oxygens (including phenoxy) is 1. The van der Waals surface area contributed by atoms with Crippen molar-refractivity contribution < 1.29 is 29.2 Å². The molecule has 0 amide bonds. The molecular formula is C10H11FO5. The molecule has 0 aliphatic carbocycles. The van der Waals surface area contributed by atoms with Crippen LogP contribution in [0.4, 0.5) is 4.39 Å². The average molecular weight is 230 g/mol. The largest absolute Gasteiger partial charge is 0.504 e. The Balaban J connectivity index is 3.01. The van der Waals surface area contributed by atoms with Gasteiger partial charge in [0.05, 0.1) is 6.61 Å². The topological polar surface area (TPSA) is 87.0 Å². The molecule has 0 spiro atoms. The van der Waals surface area contributed by atoms with Gasteiger partial charge in [-0.05, 0) is 24.6 Å². The van der Waals surface area contributed by atoms with E-state index in [1.54, 1.807) is 6.92 Å². The zero-order valence-electron chi connectivity index (χ0n) is 8.48. The molecule has 0 aromatic heterocycles. The fraction of sp³-hybridized carbons (Fsp3) is 0.300. The zero-order valence-corrected chi connectivity index (χ0v) is 8.48. The highest BCUT2D eigenvalue weighted by atomic mass is 19.1. The molecule has 0 heterocycles. The fourth-order valence-corrected chi connectivity index (χ4v) is 1.12. The van der Waals surface area contributed by atoms with Crippen LogP contribution in [-0.4, -0.2) is 27.9 Å². The number of benzene rings is 1. The Labute approximate surface area is 90.7 Å². The van der Waals surface area contributed by atoms with E-state index in [1.165, 1.54) is 0 Å². The number of hydrogen-bond acceptors (Lipinski definition) is 5. The molecule has 1 unspecified atom stereocenters. The van der Waals surface area contributed by atoms with Crippen molar-refractivity contribution in [2.45, 2.75) is 13.0 Å². The van der Waals surface area contributed by atoms with Crippen molar-refractivity contribution in [1.82, 2.24) is 0 Å². The Hall–Kier alpha value is -1.82. The molecule has 1 aromatic carbocycles. The molecule has 0 aliphatic rings. The molecular weight excluding hydrogens is 219 g/mol. The van der Waals surface area contributed by atoms with Crippen LogP contribution in [0.5, 0.6) is 11.5 Å². The number of aliphatic hydroxyl groups excluding tert-OH is 1. The maximum atomic E-state index is 13.0. The van der Waals surface area contributed by atoms with E-state index < -0.39 is 29.4 Å². The van der Waals surface area contributed by atoms with Gasteiger partial charge in [-0.1, -0.05) is 0 Å². The van der Waals surface area contributed by atoms with Crippen molar-refractivity contribution >= 4 is 5.97 Å². The minimum absolute atomic E-state index is 0.0719. The zero-order chi connectivity index (χ0) is 12.3. The third kappa shape index (κ3) is 2.40. The highest BCUT2D eigenvalue weighted by Gasteiger charge is 2.21. The Morgan fingerprint density at radius 1 is 1.50 bits per heavy atom. The highest BCUT2D eigenvalue weighted by Crippen LogP contribution is 2.31. The number of hydrogen-bond donors (Lipinski definition) is 3. The lowest BCUT2D eigenvalue weighted by atomic mass is 10.1. The Morgan fingerprint density at radius 3 is 2.62 bits per heavy atom. The van der Waals surface area contributed by atoms with E-state index >= 15 is 0 Å². The van der Waals surface area contributed by atoms with Gasteiger partial charge in [0.15, 0.2) is 23.4 Å². The van der Waals surface area contributed by atoms with Crippen molar-refractivity contribution in [3.05, 3.63) is 23.5 Å². The van der Waals surface area contributed by atoms with E-state index in [1.807, 2.05) is 0 Å². The minimum Gasteiger partial charge on any atom is -0.504 e. The van der Waals surface area contributed by atoms with E-state index in [0.717, 1.165) is 12.1 Å². The second-order valence-corrected chi connectivity index (χ2v) is 3.03. The second-order valence-electron chi connectivity index (χ2n) is 3.03. The van der Waals surface area contributed by atoms with Crippen LogP contribution in [0.3, 0.4) is 0 Å². The number of esters is 1. The summed E-state index contributed by atoms with van der Waals surface area (Å²) in [5.41, 5.74) is -0.189. The van der Waals surface area contributed by atoms with Gasteiger partial charge in [-0.15, -0.1) is 0 Å². The van der Waals surface area contributed by atoms with Crippen molar-refractivity contribution in [3.63, 3.8) is 0 Å². The first-order valence-corrected chi connectivity index (χ1v) is 4.53. The number of phenols is 2. The molecule has 0 radical (unpaired) electrons. The van der Waals surface area contributed by atoms with Crippen molar-refractivity contribution in [2.75, 3.05) is 6.61 Å². The van der Waals surface area contributed by atoms with E-state index in [-0.39, 0.29) is 12.2 Å². The molecule has 3 N–H and O–H groups in total. The first kappa shape index (κ1) is 12.3. The Morgan fingerprint density at radius 2 is 2.12 bits per heavy atom. The molecule has 6 heteroatoms.